The molecule has 0 aliphatic rings. The molecule has 0 atom stereocenters. The van der Waals surface area contributed by atoms with Crippen LogP contribution >= 0.6 is 27.5 Å². The predicted octanol–water partition coefficient (Wildman–Crippen LogP) is 4.54. The fraction of sp³-hybridized carbons (Fsp3) is 0.133. The first-order chi connectivity index (χ1) is 9.74. The Bertz CT molecular complexity index is 770. The second-order valence-corrected chi connectivity index (χ2v) is 5.48. The van der Waals surface area contributed by atoms with Crippen LogP contribution in [-0.2, 0) is 5.88 Å². The van der Waals surface area contributed by atoms with Crippen LogP contribution in [0.1, 0.15) is 5.82 Å². The number of halogens is 2. The van der Waals surface area contributed by atoms with E-state index in [4.69, 9.17) is 16.3 Å². The maximum absolute atomic E-state index is 6.05. The highest BCUT2D eigenvalue weighted by molar-refractivity contribution is 9.10. The summed E-state index contributed by atoms with van der Waals surface area (Å²) < 4.78 is 8.48. The molecule has 0 unspecified atom stereocenters. The maximum atomic E-state index is 6.05. The van der Waals surface area contributed by atoms with Crippen LogP contribution < -0.4 is 4.74 Å². The van der Waals surface area contributed by atoms with Crippen molar-refractivity contribution in [3.8, 4) is 11.4 Å². The molecular weight excluding hydrogens is 340 g/mol. The minimum atomic E-state index is 0.338. The van der Waals surface area contributed by atoms with Crippen molar-refractivity contribution in [3.05, 3.63) is 52.8 Å². The third kappa shape index (κ3) is 2.19. The van der Waals surface area contributed by atoms with Crippen molar-refractivity contribution in [2.75, 3.05) is 7.11 Å². The SMILES string of the molecule is COc1ccccc1-n1c(CCl)nc2ccc(Br)cc21. The molecule has 0 amide bonds. The second-order valence-electron chi connectivity index (χ2n) is 4.30. The van der Waals surface area contributed by atoms with E-state index in [1.54, 1.807) is 7.11 Å². The van der Waals surface area contributed by atoms with Gasteiger partial charge in [0.15, 0.2) is 0 Å². The number of benzene rings is 2. The molecule has 20 heavy (non-hydrogen) atoms. The van der Waals surface area contributed by atoms with E-state index in [2.05, 4.69) is 20.9 Å². The van der Waals surface area contributed by atoms with Gasteiger partial charge in [0.05, 0.1) is 29.7 Å². The molecule has 0 saturated heterocycles. The molecule has 102 valence electrons. The third-order valence-corrected chi connectivity index (χ3v) is 3.86. The summed E-state index contributed by atoms with van der Waals surface area (Å²) in [7, 11) is 1.66. The Kier molecular flexibility index (Phi) is 3.68. The van der Waals surface area contributed by atoms with Crippen LogP contribution in [-0.4, -0.2) is 16.7 Å². The summed E-state index contributed by atoms with van der Waals surface area (Å²) in [6, 6.07) is 13.8. The molecule has 1 aromatic heterocycles. The van der Waals surface area contributed by atoms with E-state index in [0.717, 1.165) is 32.8 Å². The molecule has 2 aromatic carbocycles. The van der Waals surface area contributed by atoms with Gasteiger partial charge in [-0.15, -0.1) is 11.6 Å². The highest BCUT2D eigenvalue weighted by Crippen LogP contribution is 2.30. The molecule has 0 bridgehead atoms. The lowest BCUT2D eigenvalue weighted by Gasteiger charge is -2.12. The molecular formula is C15H12BrClN2O. The highest BCUT2D eigenvalue weighted by atomic mass is 79.9. The van der Waals surface area contributed by atoms with E-state index >= 15 is 0 Å². The van der Waals surface area contributed by atoms with Gasteiger partial charge in [0.2, 0.25) is 0 Å². The Hall–Kier alpha value is -1.52. The summed E-state index contributed by atoms with van der Waals surface area (Å²) in [5.41, 5.74) is 2.85. The van der Waals surface area contributed by atoms with Gasteiger partial charge in [-0.05, 0) is 30.3 Å². The number of imidazole rings is 1. The van der Waals surface area contributed by atoms with Gasteiger partial charge >= 0.3 is 0 Å². The average Bonchev–Trinajstić information content (AvgIpc) is 2.84. The molecule has 3 aromatic rings. The molecule has 1 heterocycles. The Morgan fingerprint density at radius 1 is 1.25 bits per heavy atom. The minimum absolute atomic E-state index is 0.338. The number of hydrogen-bond donors (Lipinski definition) is 0. The number of para-hydroxylation sites is 2. The van der Waals surface area contributed by atoms with Gasteiger partial charge in [-0.3, -0.25) is 4.57 Å². The number of aromatic nitrogens is 2. The van der Waals surface area contributed by atoms with Crippen LogP contribution in [0.25, 0.3) is 16.7 Å². The topological polar surface area (TPSA) is 27.1 Å². The lowest BCUT2D eigenvalue weighted by Crippen LogP contribution is -2.01. The van der Waals surface area contributed by atoms with E-state index in [9.17, 15) is 0 Å². The monoisotopic (exact) mass is 350 g/mol. The fourth-order valence-corrected chi connectivity index (χ4v) is 2.80. The second kappa shape index (κ2) is 5.46. The predicted molar refractivity (Wildman–Crippen MR) is 84.9 cm³/mol. The molecule has 3 nitrogen and oxygen atoms in total. The average molecular weight is 352 g/mol. The van der Waals surface area contributed by atoms with Crippen molar-refractivity contribution in [1.29, 1.82) is 0 Å². The normalized spacial score (nSPS) is 10.9. The van der Waals surface area contributed by atoms with Crippen molar-refractivity contribution in [2.45, 2.75) is 5.88 Å². The zero-order valence-corrected chi connectivity index (χ0v) is 13.1. The van der Waals surface area contributed by atoms with Crippen LogP contribution in [0.2, 0.25) is 0 Å². The standard InChI is InChI=1S/C15H12BrClN2O/c1-20-14-5-3-2-4-12(14)19-13-8-10(16)6-7-11(13)18-15(19)9-17/h2-8H,9H2,1H3. The number of ether oxygens (including phenoxy) is 1. The first kappa shape index (κ1) is 13.5. The van der Waals surface area contributed by atoms with Crippen LogP contribution in [0.3, 0.4) is 0 Å². The first-order valence-corrected chi connectivity index (χ1v) is 7.43. The van der Waals surface area contributed by atoms with E-state index in [1.165, 1.54) is 0 Å². The largest absolute Gasteiger partial charge is 0.495 e. The fourth-order valence-electron chi connectivity index (χ4n) is 2.27. The van der Waals surface area contributed by atoms with Gasteiger partial charge in [0.25, 0.3) is 0 Å². The smallest absolute Gasteiger partial charge is 0.142 e. The lowest BCUT2D eigenvalue weighted by molar-refractivity contribution is 0.413. The molecule has 3 rings (SSSR count). The Morgan fingerprint density at radius 2 is 2.05 bits per heavy atom. The molecule has 0 spiro atoms. The number of nitrogens with zero attached hydrogens (tertiary/aromatic N) is 2. The van der Waals surface area contributed by atoms with Gasteiger partial charge < -0.3 is 4.74 Å². The Labute approximate surface area is 130 Å². The van der Waals surface area contributed by atoms with Gasteiger partial charge in [-0.25, -0.2) is 4.98 Å². The Morgan fingerprint density at radius 3 is 2.80 bits per heavy atom. The summed E-state index contributed by atoms with van der Waals surface area (Å²) in [6.45, 7) is 0. The van der Waals surface area contributed by atoms with Crippen LogP contribution in [0.15, 0.2) is 46.9 Å². The van der Waals surface area contributed by atoms with Crippen LogP contribution in [0, 0.1) is 0 Å². The quantitative estimate of drug-likeness (QED) is 0.648. The lowest BCUT2D eigenvalue weighted by atomic mass is 10.2. The highest BCUT2D eigenvalue weighted by Gasteiger charge is 2.14. The van der Waals surface area contributed by atoms with Gasteiger partial charge in [-0.1, -0.05) is 28.1 Å². The first-order valence-electron chi connectivity index (χ1n) is 6.11. The number of alkyl halides is 1. The number of rotatable bonds is 3. The molecule has 5 heteroatoms. The van der Waals surface area contributed by atoms with Crippen molar-refractivity contribution >= 4 is 38.6 Å². The number of methoxy groups -OCH3 is 1. The van der Waals surface area contributed by atoms with Gasteiger partial charge in [-0.2, -0.15) is 0 Å². The third-order valence-electron chi connectivity index (χ3n) is 3.13. The number of hydrogen-bond acceptors (Lipinski definition) is 2. The van der Waals surface area contributed by atoms with Crippen LogP contribution in [0.4, 0.5) is 0 Å². The maximum Gasteiger partial charge on any atom is 0.142 e. The molecule has 0 radical (unpaired) electrons. The summed E-state index contributed by atoms with van der Waals surface area (Å²) in [6.07, 6.45) is 0. The van der Waals surface area contributed by atoms with Crippen molar-refractivity contribution < 1.29 is 4.74 Å². The summed E-state index contributed by atoms with van der Waals surface area (Å²) in [5.74, 6) is 1.92. The Balaban J connectivity index is 2.36. The van der Waals surface area contributed by atoms with E-state index in [0.29, 0.717) is 5.88 Å². The number of fused-ring (bicyclic) bond motifs is 1. The molecule has 0 aliphatic carbocycles. The molecule has 0 fully saturated rings. The molecule has 0 N–H and O–H groups in total. The van der Waals surface area contributed by atoms with E-state index in [-0.39, 0.29) is 0 Å². The molecule has 0 saturated carbocycles. The molecule has 0 aliphatic heterocycles. The van der Waals surface area contributed by atoms with Crippen molar-refractivity contribution in [1.82, 2.24) is 9.55 Å². The zero-order chi connectivity index (χ0) is 14.1. The minimum Gasteiger partial charge on any atom is -0.495 e. The summed E-state index contributed by atoms with van der Waals surface area (Å²) in [4.78, 5) is 4.58. The summed E-state index contributed by atoms with van der Waals surface area (Å²) >= 11 is 9.55. The van der Waals surface area contributed by atoms with Gasteiger partial charge in [0.1, 0.15) is 11.6 Å². The summed E-state index contributed by atoms with van der Waals surface area (Å²) in [5, 5.41) is 0. The van der Waals surface area contributed by atoms with E-state index < -0.39 is 0 Å². The van der Waals surface area contributed by atoms with Gasteiger partial charge in [0, 0.05) is 4.47 Å². The van der Waals surface area contributed by atoms with E-state index in [1.807, 2.05) is 47.0 Å². The van der Waals surface area contributed by atoms with Crippen LogP contribution in [0.5, 0.6) is 5.75 Å². The van der Waals surface area contributed by atoms with Crippen molar-refractivity contribution in [2.24, 2.45) is 0 Å². The zero-order valence-electron chi connectivity index (χ0n) is 10.8. The van der Waals surface area contributed by atoms with Crippen molar-refractivity contribution in [3.63, 3.8) is 0 Å².